The zero-order valence-electron chi connectivity index (χ0n) is 14.4. The van der Waals surface area contributed by atoms with Gasteiger partial charge in [0.15, 0.2) is 0 Å². The second-order valence-corrected chi connectivity index (χ2v) is 8.44. The van der Waals surface area contributed by atoms with Gasteiger partial charge in [0.1, 0.15) is 18.0 Å². The van der Waals surface area contributed by atoms with Crippen LogP contribution in [0.2, 0.25) is 0 Å². The van der Waals surface area contributed by atoms with Crippen LogP contribution in [0.5, 0.6) is 5.75 Å². The number of β-amino-alcohol motifs (C(OH)–C–C–N with tert-alkyl or cyclic N) is 1. The Labute approximate surface area is 153 Å². The Morgan fingerprint density at radius 2 is 2.04 bits per heavy atom. The van der Waals surface area contributed by atoms with Crippen LogP contribution in [0.3, 0.4) is 0 Å². The number of nitrogens with zero attached hydrogens (tertiary/aromatic N) is 1. The zero-order chi connectivity index (χ0) is 17.2. The summed E-state index contributed by atoms with van der Waals surface area (Å²) in [6.45, 7) is 1.71. The van der Waals surface area contributed by atoms with Crippen LogP contribution in [-0.4, -0.2) is 58.8 Å². The number of likely N-dealkylation sites (tertiary alicyclic amines) is 1. The van der Waals surface area contributed by atoms with E-state index in [0.717, 1.165) is 36.4 Å². The number of benzene rings is 1. The fraction of sp³-hybridized carbons (Fsp3) is 0.632. The van der Waals surface area contributed by atoms with Crippen LogP contribution in [0.4, 0.5) is 5.69 Å². The van der Waals surface area contributed by atoms with Gasteiger partial charge in [0.05, 0.1) is 0 Å². The van der Waals surface area contributed by atoms with Crippen molar-refractivity contribution in [3.05, 3.63) is 23.8 Å². The summed E-state index contributed by atoms with van der Waals surface area (Å²) in [5.41, 5.74) is 2.00. The molecular formula is C19H26N2O3S. The molecule has 2 saturated heterocycles. The van der Waals surface area contributed by atoms with Crippen LogP contribution in [0.1, 0.15) is 31.2 Å². The number of nitrogens with one attached hydrogen (secondary N) is 1. The highest BCUT2D eigenvalue weighted by Gasteiger charge is 2.33. The number of aliphatic hydroxyl groups is 1. The van der Waals surface area contributed by atoms with Gasteiger partial charge in [-0.05, 0) is 61.0 Å². The molecule has 5 nitrogen and oxygen atoms in total. The number of aryl methyl sites for hydroxylation is 1. The molecule has 1 aromatic rings. The molecule has 0 aromatic heterocycles. The summed E-state index contributed by atoms with van der Waals surface area (Å²) in [7, 11) is 0. The predicted octanol–water partition coefficient (Wildman–Crippen LogP) is 2.28. The number of hydrogen-bond donors (Lipinski definition) is 2. The third-order valence-electron chi connectivity index (χ3n) is 5.52. The summed E-state index contributed by atoms with van der Waals surface area (Å²) in [5, 5.41) is 13.5. The van der Waals surface area contributed by atoms with Crippen LogP contribution in [0, 0.1) is 0 Å². The lowest BCUT2D eigenvalue weighted by Gasteiger charge is -2.41. The first-order valence-corrected chi connectivity index (χ1v) is 10.4. The minimum absolute atomic E-state index is 0.0741. The Bertz CT molecular complexity index is 633. The summed E-state index contributed by atoms with van der Waals surface area (Å²) in [5.74, 6) is 3.35. The van der Waals surface area contributed by atoms with Crippen molar-refractivity contribution in [1.29, 1.82) is 0 Å². The summed E-state index contributed by atoms with van der Waals surface area (Å²) in [4.78, 5) is 13.9. The van der Waals surface area contributed by atoms with Crippen molar-refractivity contribution in [2.24, 2.45) is 0 Å². The van der Waals surface area contributed by atoms with E-state index in [2.05, 4.69) is 10.2 Å². The topological polar surface area (TPSA) is 61.8 Å². The molecule has 3 aliphatic rings. The molecule has 0 unspecified atom stereocenters. The minimum atomic E-state index is -0.445. The van der Waals surface area contributed by atoms with E-state index in [9.17, 15) is 9.90 Å². The SMILES string of the molecule is O=C1CCc2cc(O[C@@H]3CCN(C4CCSCC4)C[C@H]3O)ccc2N1. The number of aliphatic hydroxyl groups excluding tert-OH is 1. The Morgan fingerprint density at radius 3 is 2.84 bits per heavy atom. The lowest BCUT2D eigenvalue weighted by atomic mass is 10.00. The Hall–Kier alpha value is -1.24. The van der Waals surface area contributed by atoms with Crippen LogP contribution >= 0.6 is 11.8 Å². The molecule has 1 aromatic carbocycles. The number of thioether (sulfide) groups is 1. The van der Waals surface area contributed by atoms with E-state index in [1.54, 1.807) is 0 Å². The molecule has 0 spiro atoms. The van der Waals surface area contributed by atoms with E-state index < -0.39 is 6.10 Å². The third kappa shape index (κ3) is 3.96. The number of rotatable bonds is 3. The molecule has 3 heterocycles. The number of amides is 1. The highest BCUT2D eigenvalue weighted by atomic mass is 32.2. The van der Waals surface area contributed by atoms with Gasteiger partial charge in [-0.2, -0.15) is 11.8 Å². The molecule has 2 fully saturated rings. The molecular weight excluding hydrogens is 336 g/mol. The second kappa shape index (κ2) is 7.56. The first-order chi connectivity index (χ1) is 12.2. The molecule has 3 aliphatic heterocycles. The van der Waals surface area contributed by atoms with Crippen molar-refractivity contribution in [3.8, 4) is 5.75 Å². The quantitative estimate of drug-likeness (QED) is 0.864. The second-order valence-electron chi connectivity index (χ2n) is 7.22. The van der Waals surface area contributed by atoms with Gasteiger partial charge in [-0.1, -0.05) is 0 Å². The van der Waals surface area contributed by atoms with Crippen LogP contribution in [0.25, 0.3) is 0 Å². The number of piperidine rings is 1. The maximum atomic E-state index is 11.5. The standard InChI is InChI=1S/C19H26N2O3S/c22-17-12-21(14-6-9-25-10-7-14)8-5-18(17)24-15-2-3-16-13(11-15)1-4-19(23)20-16/h2-3,11,14,17-18,22H,1,4-10,12H2,(H,20,23)/t17-,18-/m1/s1. The number of carbonyl (C=O) groups is 1. The van der Waals surface area contributed by atoms with Crippen molar-refractivity contribution < 1.29 is 14.6 Å². The predicted molar refractivity (Wildman–Crippen MR) is 100 cm³/mol. The van der Waals surface area contributed by atoms with Crippen LogP contribution in [-0.2, 0) is 11.2 Å². The average molecular weight is 362 g/mol. The van der Waals surface area contributed by atoms with Crippen molar-refractivity contribution in [2.75, 3.05) is 29.9 Å². The van der Waals surface area contributed by atoms with Gasteiger partial charge in [-0.25, -0.2) is 0 Å². The number of carbonyl (C=O) groups excluding carboxylic acids is 1. The molecule has 25 heavy (non-hydrogen) atoms. The fourth-order valence-corrected chi connectivity index (χ4v) is 5.14. The van der Waals surface area contributed by atoms with E-state index in [1.807, 2.05) is 30.0 Å². The molecule has 1 amide bonds. The van der Waals surface area contributed by atoms with Gasteiger partial charge >= 0.3 is 0 Å². The summed E-state index contributed by atoms with van der Waals surface area (Å²) in [6, 6.07) is 6.43. The lowest BCUT2D eigenvalue weighted by Crippen LogP contribution is -2.53. The first kappa shape index (κ1) is 17.2. The average Bonchev–Trinajstić information content (AvgIpc) is 2.64. The van der Waals surface area contributed by atoms with E-state index in [-0.39, 0.29) is 12.0 Å². The highest BCUT2D eigenvalue weighted by molar-refractivity contribution is 7.99. The third-order valence-corrected chi connectivity index (χ3v) is 6.57. The van der Waals surface area contributed by atoms with E-state index >= 15 is 0 Å². The highest BCUT2D eigenvalue weighted by Crippen LogP contribution is 2.30. The Kier molecular flexibility index (Phi) is 5.20. The van der Waals surface area contributed by atoms with Crippen molar-refractivity contribution in [1.82, 2.24) is 4.90 Å². The Balaban J connectivity index is 1.36. The lowest BCUT2D eigenvalue weighted by molar-refractivity contribution is -0.116. The number of anilines is 1. The minimum Gasteiger partial charge on any atom is -0.488 e. The molecule has 2 N–H and O–H groups in total. The zero-order valence-corrected chi connectivity index (χ0v) is 15.3. The van der Waals surface area contributed by atoms with Crippen molar-refractivity contribution >= 4 is 23.4 Å². The van der Waals surface area contributed by atoms with E-state index in [1.165, 1.54) is 24.3 Å². The fourth-order valence-electron chi connectivity index (χ4n) is 4.06. The van der Waals surface area contributed by atoms with Gasteiger partial charge in [-0.3, -0.25) is 9.69 Å². The van der Waals surface area contributed by atoms with Crippen LogP contribution < -0.4 is 10.1 Å². The maximum absolute atomic E-state index is 11.5. The summed E-state index contributed by atoms with van der Waals surface area (Å²) >= 11 is 2.04. The van der Waals surface area contributed by atoms with Gasteiger partial charge in [0, 0.05) is 31.2 Å². The summed E-state index contributed by atoms with van der Waals surface area (Å²) < 4.78 is 6.10. The first-order valence-electron chi connectivity index (χ1n) is 9.28. The van der Waals surface area contributed by atoms with Gasteiger partial charge in [0.2, 0.25) is 5.91 Å². The molecule has 6 heteroatoms. The maximum Gasteiger partial charge on any atom is 0.224 e. The Morgan fingerprint density at radius 1 is 1.20 bits per heavy atom. The normalized spacial score (nSPS) is 28.3. The molecule has 0 saturated carbocycles. The van der Waals surface area contributed by atoms with Gasteiger partial charge in [0.25, 0.3) is 0 Å². The number of hydrogen-bond acceptors (Lipinski definition) is 5. The molecule has 4 rings (SSSR count). The van der Waals surface area contributed by atoms with Gasteiger partial charge in [-0.15, -0.1) is 0 Å². The van der Waals surface area contributed by atoms with E-state index in [0.29, 0.717) is 19.0 Å². The van der Waals surface area contributed by atoms with Gasteiger partial charge < -0.3 is 15.2 Å². The smallest absolute Gasteiger partial charge is 0.224 e. The molecule has 0 bridgehead atoms. The molecule has 0 aliphatic carbocycles. The largest absolute Gasteiger partial charge is 0.488 e. The summed E-state index contributed by atoms with van der Waals surface area (Å²) in [6.07, 6.45) is 4.01. The van der Waals surface area contributed by atoms with E-state index in [4.69, 9.17) is 4.74 Å². The van der Waals surface area contributed by atoms with Crippen molar-refractivity contribution in [2.45, 2.75) is 50.4 Å². The monoisotopic (exact) mass is 362 g/mol. The van der Waals surface area contributed by atoms with Crippen molar-refractivity contribution in [3.63, 3.8) is 0 Å². The van der Waals surface area contributed by atoms with Crippen LogP contribution in [0.15, 0.2) is 18.2 Å². The number of ether oxygens (including phenoxy) is 1. The molecule has 0 radical (unpaired) electrons. The molecule has 2 atom stereocenters. The number of fused-ring (bicyclic) bond motifs is 1. The molecule has 136 valence electrons.